The molecule has 1 aromatic heterocycles. The second-order valence-corrected chi connectivity index (χ2v) is 7.48. The second-order valence-electron chi connectivity index (χ2n) is 7.48. The van der Waals surface area contributed by atoms with Crippen LogP contribution in [0, 0.1) is 12.3 Å². The summed E-state index contributed by atoms with van der Waals surface area (Å²) < 4.78 is 15.9. The van der Waals surface area contributed by atoms with E-state index in [1.807, 2.05) is 20.1 Å². The van der Waals surface area contributed by atoms with Gasteiger partial charge >= 0.3 is 0 Å². The van der Waals surface area contributed by atoms with E-state index in [0.29, 0.717) is 11.5 Å². The lowest BCUT2D eigenvalue weighted by Crippen LogP contribution is -2.41. The number of methoxy groups -OCH3 is 2. The largest absolute Gasteiger partial charge is 0.383 e. The minimum atomic E-state index is 0.452. The molecule has 6 heteroatoms. The molecule has 0 bridgehead atoms. The van der Waals surface area contributed by atoms with Crippen LogP contribution in [-0.4, -0.2) is 74.6 Å². The highest BCUT2D eigenvalue weighted by atomic mass is 16.5. The molecule has 136 valence electrons. The molecular formula is C18H31N3O3. The molecule has 2 fully saturated rings. The Hall–Kier alpha value is -0.950. The molecule has 0 unspecified atom stereocenters. The lowest BCUT2D eigenvalue weighted by molar-refractivity contribution is 0.0854. The van der Waals surface area contributed by atoms with Gasteiger partial charge in [-0.05, 0) is 44.7 Å². The number of rotatable bonds is 7. The highest BCUT2D eigenvalue weighted by Crippen LogP contribution is 2.43. The van der Waals surface area contributed by atoms with Crippen LogP contribution in [0.15, 0.2) is 10.6 Å². The van der Waals surface area contributed by atoms with Crippen molar-refractivity contribution in [3.05, 3.63) is 17.5 Å². The number of piperidine rings is 1. The fraction of sp³-hybridized carbons (Fsp3) is 0.833. The van der Waals surface area contributed by atoms with E-state index in [2.05, 4.69) is 15.0 Å². The van der Waals surface area contributed by atoms with Gasteiger partial charge in [-0.2, -0.15) is 0 Å². The number of ether oxygens (including phenoxy) is 2. The topological polar surface area (TPSA) is 51.0 Å². The third-order valence-corrected chi connectivity index (χ3v) is 5.64. The normalized spacial score (nSPS) is 24.9. The molecular weight excluding hydrogens is 306 g/mol. The van der Waals surface area contributed by atoms with Crippen LogP contribution in [0.1, 0.15) is 30.7 Å². The lowest BCUT2D eigenvalue weighted by atomic mass is 9.76. The van der Waals surface area contributed by atoms with Crippen molar-refractivity contribution in [1.29, 1.82) is 0 Å². The SMILES string of the molecule is COCCN1CC2(CCN(Cc3cc(C)on3)CC2)C[C@H]1COC. The first-order valence-electron chi connectivity index (χ1n) is 9.01. The fourth-order valence-corrected chi connectivity index (χ4v) is 4.35. The van der Waals surface area contributed by atoms with E-state index >= 15 is 0 Å². The molecule has 6 nitrogen and oxygen atoms in total. The maximum Gasteiger partial charge on any atom is 0.133 e. The summed E-state index contributed by atoms with van der Waals surface area (Å²) in [6.07, 6.45) is 3.77. The van der Waals surface area contributed by atoms with Gasteiger partial charge in [0.2, 0.25) is 0 Å². The zero-order chi connectivity index (χ0) is 17.0. The molecule has 0 aliphatic carbocycles. The van der Waals surface area contributed by atoms with Gasteiger partial charge in [-0.15, -0.1) is 0 Å². The summed E-state index contributed by atoms with van der Waals surface area (Å²) in [5, 5.41) is 4.13. The molecule has 2 aliphatic rings. The minimum absolute atomic E-state index is 0.452. The van der Waals surface area contributed by atoms with Gasteiger partial charge < -0.3 is 14.0 Å². The highest BCUT2D eigenvalue weighted by Gasteiger charge is 2.45. The van der Waals surface area contributed by atoms with Gasteiger partial charge in [-0.3, -0.25) is 9.80 Å². The quantitative estimate of drug-likeness (QED) is 0.758. The summed E-state index contributed by atoms with van der Waals surface area (Å²) in [6, 6.07) is 2.58. The molecule has 1 spiro atoms. The number of aromatic nitrogens is 1. The third-order valence-electron chi connectivity index (χ3n) is 5.64. The van der Waals surface area contributed by atoms with Crippen LogP contribution in [0.4, 0.5) is 0 Å². The fourth-order valence-electron chi connectivity index (χ4n) is 4.35. The second kappa shape index (κ2) is 7.95. The van der Waals surface area contributed by atoms with Crippen LogP contribution in [0.2, 0.25) is 0 Å². The number of hydrogen-bond acceptors (Lipinski definition) is 6. The average Bonchev–Trinajstić information content (AvgIpc) is 3.12. The summed E-state index contributed by atoms with van der Waals surface area (Å²) >= 11 is 0. The summed E-state index contributed by atoms with van der Waals surface area (Å²) in [7, 11) is 3.59. The first kappa shape index (κ1) is 17.9. The van der Waals surface area contributed by atoms with Crippen LogP contribution < -0.4 is 0 Å². The molecule has 0 radical (unpaired) electrons. The van der Waals surface area contributed by atoms with Gasteiger partial charge in [-0.1, -0.05) is 5.16 Å². The molecule has 1 atom stereocenters. The van der Waals surface area contributed by atoms with Crippen LogP contribution in [0.5, 0.6) is 0 Å². The molecule has 2 saturated heterocycles. The predicted molar refractivity (Wildman–Crippen MR) is 91.9 cm³/mol. The Labute approximate surface area is 145 Å². The maximum absolute atomic E-state index is 5.46. The molecule has 0 N–H and O–H groups in total. The van der Waals surface area contributed by atoms with Crippen LogP contribution in [0.25, 0.3) is 0 Å². The number of hydrogen-bond donors (Lipinski definition) is 0. The Kier molecular flexibility index (Phi) is 5.92. The zero-order valence-electron chi connectivity index (χ0n) is 15.3. The van der Waals surface area contributed by atoms with Crippen molar-refractivity contribution in [2.45, 2.75) is 38.8 Å². The summed E-state index contributed by atoms with van der Waals surface area (Å²) in [5.41, 5.74) is 1.50. The van der Waals surface area contributed by atoms with E-state index in [1.165, 1.54) is 25.8 Å². The van der Waals surface area contributed by atoms with Crippen molar-refractivity contribution in [3.63, 3.8) is 0 Å². The summed E-state index contributed by atoms with van der Waals surface area (Å²) in [6.45, 7) is 8.96. The van der Waals surface area contributed by atoms with Gasteiger partial charge in [0.1, 0.15) is 5.76 Å². The molecule has 24 heavy (non-hydrogen) atoms. The molecule has 3 rings (SSSR count). The summed E-state index contributed by atoms with van der Waals surface area (Å²) in [5.74, 6) is 0.894. The average molecular weight is 337 g/mol. The monoisotopic (exact) mass is 337 g/mol. The van der Waals surface area contributed by atoms with Crippen molar-refractivity contribution in [2.24, 2.45) is 5.41 Å². The highest BCUT2D eigenvalue weighted by molar-refractivity contribution is 5.04. The van der Waals surface area contributed by atoms with Crippen molar-refractivity contribution in [3.8, 4) is 0 Å². The van der Waals surface area contributed by atoms with Crippen molar-refractivity contribution in [1.82, 2.24) is 15.0 Å². The van der Waals surface area contributed by atoms with E-state index in [0.717, 1.165) is 50.8 Å². The zero-order valence-corrected chi connectivity index (χ0v) is 15.3. The smallest absolute Gasteiger partial charge is 0.133 e. The molecule has 0 amide bonds. The van der Waals surface area contributed by atoms with Crippen molar-refractivity contribution in [2.75, 3.05) is 53.6 Å². The first-order valence-corrected chi connectivity index (χ1v) is 9.01. The first-order chi connectivity index (χ1) is 11.6. The van der Waals surface area contributed by atoms with Gasteiger partial charge in [0.15, 0.2) is 0 Å². The number of likely N-dealkylation sites (tertiary alicyclic amines) is 2. The number of aryl methyl sites for hydroxylation is 1. The Balaban J connectivity index is 1.54. The maximum atomic E-state index is 5.46. The van der Waals surface area contributed by atoms with Gasteiger partial charge in [0.25, 0.3) is 0 Å². The molecule has 0 aromatic carbocycles. The van der Waals surface area contributed by atoms with Crippen molar-refractivity contribution >= 4 is 0 Å². The molecule has 0 saturated carbocycles. The Morgan fingerprint density at radius 1 is 1.29 bits per heavy atom. The van der Waals surface area contributed by atoms with Gasteiger partial charge in [0.05, 0.1) is 18.9 Å². The van der Waals surface area contributed by atoms with E-state index in [9.17, 15) is 0 Å². The summed E-state index contributed by atoms with van der Waals surface area (Å²) in [4.78, 5) is 5.08. The molecule has 3 heterocycles. The van der Waals surface area contributed by atoms with E-state index in [-0.39, 0.29) is 0 Å². The van der Waals surface area contributed by atoms with E-state index < -0.39 is 0 Å². The third kappa shape index (κ3) is 4.17. The number of nitrogens with zero attached hydrogens (tertiary/aromatic N) is 3. The minimum Gasteiger partial charge on any atom is -0.383 e. The van der Waals surface area contributed by atoms with E-state index in [1.54, 1.807) is 7.11 Å². The lowest BCUT2D eigenvalue weighted by Gasteiger charge is -2.39. The van der Waals surface area contributed by atoms with Gasteiger partial charge in [0, 0.05) is 46.0 Å². The van der Waals surface area contributed by atoms with Gasteiger partial charge in [-0.25, -0.2) is 0 Å². The standard InChI is InChI=1S/C18H31N3O3/c1-15-10-16(19-24-15)12-20-6-4-18(5-7-20)11-17(13-23-3)21(14-18)8-9-22-2/h10,17H,4-9,11-14H2,1-3H3/t17-/m0/s1. The Bertz CT molecular complexity index is 511. The van der Waals surface area contributed by atoms with Crippen LogP contribution in [0.3, 0.4) is 0 Å². The van der Waals surface area contributed by atoms with Crippen LogP contribution in [-0.2, 0) is 16.0 Å². The Morgan fingerprint density at radius 2 is 2.08 bits per heavy atom. The molecule has 1 aromatic rings. The predicted octanol–water partition coefficient (Wildman–Crippen LogP) is 1.93. The molecule has 2 aliphatic heterocycles. The van der Waals surface area contributed by atoms with Crippen LogP contribution >= 0.6 is 0 Å². The Morgan fingerprint density at radius 3 is 2.71 bits per heavy atom. The van der Waals surface area contributed by atoms with E-state index in [4.69, 9.17) is 14.0 Å². The van der Waals surface area contributed by atoms with Crippen molar-refractivity contribution < 1.29 is 14.0 Å².